The topological polar surface area (TPSA) is 54.4 Å². The number of aliphatic hydroxyl groups excluding tert-OH is 1. The van der Waals surface area contributed by atoms with Gasteiger partial charge in [-0.05, 0) is 36.2 Å². The molecule has 4 nitrogen and oxygen atoms in total. The minimum atomic E-state index is -2.85. The highest BCUT2D eigenvalue weighted by atomic mass is 19.3. The summed E-state index contributed by atoms with van der Waals surface area (Å²) in [5.74, 6) is 0.0720. The molecule has 0 amide bonds. The molecule has 2 aromatic rings. The molecule has 0 aliphatic carbocycles. The fraction of sp³-hybridized carbons (Fsp3) is 0.312. The maximum absolute atomic E-state index is 12.0. The summed E-state index contributed by atoms with van der Waals surface area (Å²) in [4.78, 5) is 4.26. The number of aryl methyl sites for hydroxylation is 1. The Morgan fingerprint density at radius 3 is 2.50 bits per heavy atom. The number of aromatic nitrogens is 1. The van der Waals surface area contributed by atoms with Gasteiger partial charge in [0.05, 0.1) is 11.8 Å². The van der Waals surface area contributed by atoms with Gasteiger partial charge in [0.2, 0.25) is 0 Å². The third-order valence-corrected chi connectivity index (χ3v) is 3.11. The smallest absolute Gasteiger partial charge is 0.387 e. The SMILES string of the molecule is Cc1ccc(CNCC(O)c2ccc(OC(F)F)cc2)nc1. The maximum atomic E-state index is 12.0. The van der Waals surface area contributed by atoms with Gasteiger partial charge in [0.25, 0.3) is 0 Å². The van der Waals surface area contributed by atoms with Crippen molar-refractivity contribution in [1.29, 1.82) is 0 Å². The van der Waals surface area contributed by atoms with Crippen LogP contribution in [-0.2, 0) is 6.54 Å². The summed E-state index contributed by atoms with van der Waals surface area (Å²) in [6, 6.07) is 9.84. The highest BCUT2D eigenvalue weighted by Gasteiger charge is 2.09. The van der Waals surface area contributed by atoms with E-state index < -0.39 is 12.7 Å². The van der Waals surface area contributed by atoms with Crippen molar-refractivity contribution in [3.05, 3.63) is 59.4 Å². The fourth-order valence-corrected chi connectivity index (χ4v) is 1.93. The van der Waals surface area contributed by atoms with Gasteiger partial charge in [-0.15, -0.1) is 0 Å². The van der Waals surface area contributed by atoms with Gasteiger partial charge in [-0.2, -0.15) is 8.78 Å². The molecule has 1 aromatic carbocycles. The first-order valence-corrected chi connectivity index (χ1v) is 6.89. The van der Waals surface area contributed by atoms with Gasteiger partial charge in [0, 0.05) is 19.3 Å². The largest absolute Gasteiger partial charge is 0.435 e. The van der Waals surface area contributed by atoms with Crippen LogP contribution in [0.25, 0.3) is 0 Å². The molecule has 0 saturated carbocycles. The average Bonchev–Trinajstić information content (AvgIpc) is 2.49. The lowest BCUT2D eigenvalue weighted by molar-refractivity contribution is -0.0498. The van der Waals surface area contributed by atoms with Crippen LogP contribution in [0.1, 0.15) is 22.9 Å². The van der Waals surface area contributed by atoms with Gasteiger partial charge in [0.15, 0.2) is 0 Å². The second-order valence-electron chi connectivity index (χ2n) is 4.92. The van der Waals surface area contributed by atoms with E-state index in [1.54, 1.807) is 18.3 Å². The Kier molecular flexibility index (Phi) is 5.80. The van der Waals surface area contributed by atoms with Crippen LogP contribution >= 0.6 is 0 Å². The zero-order valence-corrected chi connectivity index (χ0v) is 12.2. The number of hydrogen-bond acceptors (Lipinski definition) is 4. The number of hydrogen-bond donors (Lipinski definition) is 2. The van der Waals surface area contributed by atoms with E-state index in [-0.39, 0.29) is 5.75 Å². The number of alkyl halides is 2. The van der Waals surface area contributed by atoms with Crippen LogP contribution in [0.5, 0.6) is 5.75 Å². The van der Waals surface area contributed by atoms with Crippen LogP contribution in [0.15, 0.2) is 42.6 Å². The van der Waals surface area contributed by atoms with Crippen molar-refractivity contribution >= 4 is 0 Å². The van der Waals surface area contributed by atoms with Crippen molar-refractivity contribution in [1.82, 2.24) is 10.3 Å². The Morgan fingerprint density at radius 2 is 1.91 bits per heavy atom. The molecule has 2 N–H and O–H groups in total. The predicted octanol–water partition coefficient (Wildman–Crippen LogP) is 2.81. The lowest BCUT2D eigenvalue weighted by atomic mass is 10.1. The van der Waals surface area contributed by atoms with Crippen LogP contribution in [0.2, 0.25) is 0 Å². The molecule has 0 radical (unpaired) electrons. The van der Waals surface area contributed by atoms with Crippen molar-refractivity contribution in [3.63, 3.8) is 0 Å². The molecule has 0 saturated heterocycles. The van der Waals surface area contributed by atoms with Gasteiger partial charge < -0.3 is 15.2 Å². The number of nitrogens with zero attached hydrogens (tertiary/aromatic N) is 1. The van der Waals surface area contributed by atoms with E-state index in [1.165, 1.54) is 12.1 Å². The van der Waals surface area contributed by atoms with E-state index in [1.807, 2.05) is 19.1 Å². The van der Waals surface area contributed by atoms with E-state index in [2.05, 4.69) is 15.0 Å². The first kappa shape index (κ1) is 16.3. The van der Waals surface area contributed by atoms with Crippen molar-refractivity contribution in [3.8, 4) is 5.75 Å². The van der Waals surface area contributed by atoms with Crippen molar-refractivity contribution in [2.24, 2.45) is 0 Å². The minimum absolute atomic E-state index is 0.0720. The van der Waals surface area contributed by atoms with Gasteiger partial charge in [-0.3, -0.25) is 4.98 Å². The van der Waals surface area contributed by atoms with Gasteiger partial charge in [-0.1, -0.05) is 18.2 Å². The molecular weight excluding hydrogens is 290 g/mol. The third-order valence-electron chi connectivity index (χ3n) is 3.11. The molecule has 0 aliphatic heterocycles. The molecule has 1 aromatic heterocycles. The standard InChI is InChI=1S/C16H18F2N2O2/c1-11-2-5-13(20-8-11)9-19-10-15(21)12-3-6-14(7-4-12)22-16(17)18/h2-8,15-16,19,21H,9-10H2,1H3. The second kappa shape index (κ2) is 7.82. The number of aliphatic hydroxyl groups is 1. The number of halogens is 2. The number of rotatable bonds is 7. The molecule has 6 heteroatoms. The molecule has 1 heterocycles. The Hall–Kier alpha value is -2.05. The predicted molar refractivity (Wildman–Crippen MR) is 78.7 cm³/mol. The van der Waals surface area contributed by atoms with Crippen LogP contribution in [0.3, 0.4) is 0 Å². The quantitative estimate of drug-likeness (QED) is 0.826. The Balaban J connectivity index is 1.81. The number of benzene rings is 1. The summed E-state index contributed by atoms with van der Waals surface area (Å²) < 4.78 is 28.3. The van der Waals surface area contributed by atoms with Crippen LogP contribution in [0.4, 0.5) is 8.78 Å². The van der Waals surface area contributed by atoms with E-state index in [4.69, 9.17) is 0 Å². The number of nitrogens with one attached hydrogen (secondary N) is 1. The highest BCUT2D eigenvalue weighted by molar-refractivity contribution is 5.28. The normalized spacial score (nSPS) is 12.4. The number of ether oxygens (including phenoxy) is 1. The lowest BCUT2D eigenvalue weighted by Gasteiger charge is -2.13. The summed E-state index contributed by atoms with van der Waals surface area (Å²) in [5, 5.41) is 13.1. The van der Waals surface area contributed by atoms with Crippen LogP contribution < -0.4 is 10.1 Å². The lowest BCUT2D eigenvalue weighted by Crippen LogP contribution is -2.21. The van der Waals surface area contributed by atoms with Gasteiger partial charge in [0.1, 0.15) is 5.75 Å². The summed E-state index contributed by atoms with van der Waals surface area (Å²) in [6.45, 7) is 0.00336. The van der Waals surface area contributed by atoms with Gasteiger partial charge in [-0.25, -0.2) is 0 Å². The zero-order chi connectivity index (χ0) is 15.9. The molecule has 0 spiro atoms. The Bertz CT molecular complexity index is 574. The summed E-state index contributed by atoms with van der Waals surface area (Å²) in [7, 11) is 0. The maximum Gasteiger partial charge on any atom is 0.387 e. The second-order valence-corrected chi connectivity index (χ2v) is 4.92. The molecule has 0 bridgehead atoms. The average molecular weight is 308 g/mol. The van der Waals surface area contributed by atoms with Crippen molar-refractivity contribution in [2.45, 2.75) is 26.2 Å². The number of pyridine rings is 1. The molecule has 118 valence electrons. The van der Waals surface area contributed by atoms with E-state index in [9.17, 15) is 13.9 Å². The third kappa shape index (κ3) is 5.05. The molecule has 1 unspecified atom stereocenters. The molecule has 2 rings (SSSR count). The Morgan fingerprint density at radius 1 is 1.18 bits per heavy atom. The molecule has 0 fully saturated rings. The highest BCUT2D eigenvalue weighted by Crippen LogP contribution is 2.19. The molecule has 0 aliphatic rings. The van der Waals surface area contributed by atoms with E-state index in [0.29, 0.717) is 18.7 Å². The monoisotopic (exact) mass is 308 g/mol. The first-order chi connectivity index (χ1) is 10.5. The van der Waals surface area contributed by atoms with Crippen LogP contribution in [0, 0.1) is 6.92 Å². The zero-order valence-electron chi connectivity index (χ0n) is 12.2. The minimum Gasteiger partial charge on any atom is -0.435 e. The molecular formula is C16H18F2N2O2. The molecule has 1 atom stereocenters. The van der Waals surface area contributed by atoms with E-state index in [0.717, 1.165) is 11.3 Å². The summed E-state index contributed by atoms with van der Waals surface area (Å²) in [5.41, 5.74) is 2.61. The first-order valence-electron chi connectivity index (χ1n) is 6.89. The fourth-order valence-electron chi connectivity index (χ4n) is 1.93. The van der Waals surface area contributed by atoms with Crippen LogP contribution in [-0.4, -0.2) is 23.2 Å². The molecule has 22 heavy (non-hydrogen) atoms. The van der Waals surface area contributed by atoms with Crippen molar-refractivity contribution < 1.29 is 18.6 Å². The van der Waals surface area contributed by atoms with E-state index >= 15 is 0 Å². The summed E-state index contributed by atoms with van der Waals surface area (Å²) >= 11 is 0. The Labute approximate surface area is 127 Å². The van der Waals surface area contributed by atoms with Gasteiger partial charge >= 0.3 is 6.61 Å². The summed E-state index contributed by atoms with van der Waals surface area (Å²) in [6.07, 6.45) is 1.06. The van der Waals surface area contributed by atoms with Crippen molar-refractivity contribution in [2.75, 3.05) is 6.54 Å².